The van der Waals surface area contributed by atoms with Gasteiger partial charge >= 0.3 is 0 Å². The normalized spacial score (nSPS) is 10.3. The lowest BCUT2D eigenvalue weighted by molar-refractivity contribution is 0.0978. The number of rotatable bonds is 2. The third kappa shape index (κ3) is 3.52. The zero-order valence-electron chi connectivity index (χ0n) is 12.0. The summed E-state index contributed by atoms with van der Waals surface area (Å²) < 4.78 is 13.6. The van der Waals surface area contributed by atoms with Crippen molar-refractivity contribution in [2.24, 2.45) is 0 Å². The van der Waals surface area contributed by atoms with Crippen molar-refractivity contribution in [1.82, 2.24) is 5.32 Å². The zero-order valence-corrected chi connectivity index (χ0v) is 12.9. The predicted molar refractivity (Wildman–Crippen MR) is 94.0 cm³/mol. The monoisotopic (exact) mass is 324 g/mol. The van der Waals surface area contributed by atoms with Gasteiger partial charge in [-0.25, -0.2) is 4.39 Å². The summed E-state index contributed by atoms with van der Waals surface area (Å²) in [6.07, 6.45) is 0. The number of carbonyl (C=O) groups is 1. The van der Waals surface area contributed by atoms with Gasteiger partial charge in [0.2, 0.25) is 0 Å². The van der Waals surface area contributed by atoms with Gasteiger partial charge in [0, 0.05) is 5.56 Å². The average Bonchev–Trinajstić information content (AvgIpc) is 2.56. The molecule has 0 heterocycles. The van der Waals surface area contributed by atoms with Gasteiger partial charge in [0.15, 0.2) is 5.11 Å². The minimum absolute atomic E-state index is 0.0493. The summed E-state index contributed by atoms with van der Waals surface area (Å²) in [4.78, 5) is 12.2. The Bertz CT molecular complexity index is 895. The number of para-hydroxylation sites is 1. The highest BCUT2D eigenvalue weighted by Gasteiger charge is 2.10. The lowest BCUT2D eigenvalue weighted by Crippen LogP contribution is -2.34. The highest BCUT2D eigenvalue weighted by molar-refractivity contribution is 7.80. The van der Waals surface area contributed by atoms with Gasteiger partial charge in [-0.15, -0.1) is 0 Å². The smallest absolute Gasteiger partial charge is 0.257 e. The van der Waals surface area contributed by atoms with Crippen molar-refractivity contribution in [2.75, 3.05) is 5.32 Å². The van der Waals surface area contributed by atoms with Crippen LogP contribution in [0.2, 0.25) is 0 Å². The van der Waals surface area contributed by atoms with Crippen LogP contribution in [0.15, 0.2) is 66.7 Å². The van der Waals surface area contributed by atoms with Crippen LogP contribution in [0, 0.1) is 5.82 Å². The van der Waals surface area contributed by atoms with Crippen LogP contribution in [-0.4, -0.2) is 11.0 Å². The first kappa shape index (κ1) is 15.1. The molecule has 3 rings (SSSR count). The van der Waals surface area contributed by atoms with Gasteiger partial charge < -0.3 is 5.32 Å². The number of thiocarbonyl (C=S) groups is 1. The molecule has 3 aromatic rings. The van der Waals surface area contributed by atoms with Crippen molar-refractivity contribution < 1.29 is 9.18 Å². The molecular weight excluding hydrogens is 311 g/mol. The quantitative estimate of drug-likeness (QED) is 0.697. The molecule has 0 aliphatic carbocycles. The molecule has 3 aromatic carbocycles. The van der Waals surface area contributed by atoms with E-state index in [9.17, 15) is 9.18 Å². The molecular formula is C18H13FN2OS. The van der Waals surface area contributed by atoms with Crippen LogP contribution in [-0.2, 0) is 0 Å². The third-order valence-corrected chi connectivity index (χ3v) is 3.56. The molecule has 0 spiro atoms. The SMILES string of the molecule is O=C(NC(=S)Nc1ccccc1F)c1ccc2ccccc2c1. The molecule has 5 heteroatoms. The summed E-state index contributed by atoms with van der Waals surface area (Å²) in [6.45, 7) is 0. The fourth-order valence-electron chi connectivity index (χ4n) is 2.22. The number of amides is 1. The second-order valence-corrected chi connectivity index (χ2v) is 5.36. The number of hydrogen-bond donors (Lipinski definition) is 2. The Morgan fingerprint density at radius 2 is 1.61 bits per heavy atom. The van der Waals surface area contributed by atoms with E-state index in [1.54, 1.807) is 30.3 Å². The van der Waals surface area contributed by atoms with Crippen molar-refractivity contribution in [2.45, 2.75) is 0 Å². The Labute approximate surface area is 138 Å². The van der Waals surface area contributed by atoms with E-state index < -0.39 is 5.82 Å². The van der Waals surface area contributed by atoms with Gasteiger partial charge in [0.25, 0.3) is 5.91 Å². The molecule has 23 heavy (non-hydrogen) atoms. The van der Waals surface area contributed by atoms with Gasteiger partial charge in [0.1, 0.15) is 5.82 Å². The zero-order chi connectivity index (χ0) is 16.2. The molecule has 0 saturated carbocycles. The number of halogens is 1. The van der Waals surface area contributed by atoms with Crippen molar-refractivity contribution in [3.8, 4) is 0 Å². The van der Waals surface area contributed by atoms with Gasteiger partial charge in [-0.1, -0.05) is 42.5 Å². The Balaban J connectivity index is 1.72. The second kappa shape index (κ2) is 6.54. The molecule has 0 unspecified atom stereocenters. The van der Waals surface area contributed by atoms with E-state index in [4.69, 9.17) is 12.2 Å². The lowest BCUT2D eigenvalue weighted by atomic mass is 10.1. The van der Waals surface area contributed by atoms with E-state index in [0.717, 1.165) is 10.8 Å². The first-order valence-corrected chi connectivity index (χ1v) is 7.40. The summed E-state index contributed by atoms with van der Waals surface area (Å²) >= 11 is 5.06. The lowest BCUT2D eigenvalue weighted by Gasteiger charge is -2.10. The molecule has 0 aromatic heterocycles. The van der Waals surface area contributed by atoms with Crippen molar-refractivity contribution in [3.63, 3.8) is 0 Å². The fourth-order valence-corrected chi connectivity index (χ4v) is 2.42. The van der Waals surface area contributed by atoms with Crippen LogP contribution in [0.25, 0.3) is 10.8 Å². The molecule has 0 bridgehead atoms. The van der Waals surface area contributed by atoms with Crippen LogP contribution in [0.1, 0.15) is 10.4 Å². The number of hydrogen-bond acceptors (Lipinski definition) is 2. The summed E-state index contributed by atoms with van der Waals surface area (Å²) in [5, 5.41) is 7.29. The molecule has 0 fully saturated rings. The number of fused-ring (bicyclic) bond motifs is 1. The standard InChI is InChI=1S/C18H13FN2OS/c19-15-7-3-4-8-16(15)20-18(23)21-17(22)14-10-9-12-5-1-2-6-13(12)11-14/h1-11H,(H2,20,21,22,23). The van der Waals surface area contributed by atoms with Crippen molar-refractivity contribution >= 4 is 39.7 Å². The van der Waals surface area contributed by atoms with Gasteiger partial charge in [0.05, 0.1) is 5.69 Å². The van der Waals surface area contributed by atoms with Crippen LogP contribution in [0.4, 0.5) is 10.1 Å². The third-order valence-electron chi connectivity index (χ3n) is 3.36. The van der Waals surface area contributed by atoms with E-state index in [-0.39, 0.29) is 16.7 Å². The first-order valence-electron chi connectivity index (χ1n) is 6.99. The van der Waals surface area contributed by atoms with Gasteiger partial charge in [-0.2, -0.15) is 0 Å². The summed E-state index contributed by atoms with van der Waals surface area (Å²) in [5.74, 6) is -0.778. The first-order chi connectivity index (χ1) is 11.1. The topological polar surface area (TPSA) is 41.1 Å². The molecule has 2 N–H and O–H groups in total. The largest absolute Gasteiger partial charge is 0.330 e. The Hall–Kier alpha value is -2.79. The van der Waals surface area contributed by atoms with Crippen LogP contribution < -0.4 is 10.6 Å². The fraction of sp³-hybridized carbons (Fsp3) is 0. The minimum atomic E-state index is -0.435. The average molecular weight is 324 g/mol. The van der Waals surface area contributed by atoms with Crippen LogP contribution in [0.5, 0.6) is 0 Å². The molecule has 0 aliphatic rings. The Morgan fingerprint density at radius 1 is 0.913 bits per heavy atom. The molecule has 0 aliphatic heterocycles. The summed E-state index contributed by atoms with van der Waals surface area (Å²) in [7, 11) is 0. The maximum atomic E-state index is 13.6. The maximum Gasteiger partial charge on any atom is 0.257 e. The van der Waals surface area contributed by atoms with E-state index in [1.165, 1.54) is 6.07 Å². The molecule has 0 saturated heterocycles. The molecule has 114 valence electrons. The van der Waals surface area contributed by atoms with Gasteiger partial charge in [-0.3, -0.25) is 10.1 Å². The Kier molecular flexibility index (Phi) is 4.30. The maximum absolute atomic E-state index is 13.6. The van der Waals surface area contributed by atoms with Crippen molar-refractivity contribution in [3.05, 3.63) is 78.1 Å². The van der Waals surface area contributed by atoms with E-state index >= 15 is 0 Å². The minimum Gasteiger partial charge on any atom is -0.330 e. The van der Waals surface area contributed by atoms with Crippen LogP contribution >= 0.6 is 12.2 Å². The highest BCUT2D eigenvalue weighted by Crippen LogP contribution is 2.16. The second-order valence-electron chi connectivity index (χ2n) is 4.95. The molecule has 1 amide bonds. The number of nitrogens with one attached hydrogen (secondary N) is 2. The van der Waals surface area contributed by atoms with Gasteiger partial charge in [-0.05, 0) is 47.3 Å². The molecule has 0 radical (unpaired) electrons. The number of carbonyl (C=O) groups excluding carboxylic acids is 1. The summed E-state index contributed by atoms with van der Waals surface area (Å²) in [6, 6.07) is 19.3. The molecule has 0 atom stereocenters. The van der Waals surface area contributed by atoms with E-state index in [0.29, 0.717) is 5.56 Å². The van der Waals surface area contributed by atoms with Crippen molar-refractivity contribution in [1.29, 1.82) is 0 Å². The number of benzene rings is 3. The van der Waals surface area contributed by atoms with Crippen LogP contribution in [0.3, 0.4) is 0 Å². The summed E-state index contributed by atoms with van der Waals surface area (Å²) in [5.41, 5.74) is 0.706. The Morgan fingerprint density at radius 3 is 2.39 bits per heavy atom. The predicted octanol–water partition coefficient (Wildman–Crippen LogP) is 4.11. The highest BCUT2D eigenvalue weighted by atomic mass is 32.1. The van der Waals surface area contributed by atoms with E-state index in [2.05, 4.69) is 10.6 Å². The van der Waals surface area contributed by atoms with E-state index in [1.807, 2.05) is 30.3 Å². The molecule has 3 nitrogen and oxygen atoms in total. The number of anilines is 1.